The van der Waals surface area contributed by atoms with Gasteiger partial charge in [0, 0.05) is 112 Å². The molecule has 5 amide bonds. The van der Waals surface area contributed by atoms with Gasteiger partial charge in [-0.15, -0.1) is 11.3 Å². The van der Waals surface area contributed by atoms with E-state index in [0.29, 0.717) is 63.5 Å². The topological polar surface area (TPSA) is 193 Å². The number of likely N-dealkylation sites (tertiary alicyclic amines) is 1. The first kappa shape index (κ1) is 48.0. The summed E-state index contributed by atoms with van der Waals surface area (Å²) in [6.45, 7) is 15.4. The second-order valence-corrected chi connectivity index (χ2v) is 20.7. The highest BCUT2D eigenvalue weighted by molar-refractivity contribution is 7.10. The van der Waals surface area contributed by atoms with Crippen molar-refractivity contribution in [2.75, 3.05) is 60.5 Å². The number of thiazole rings is 1. The quantitative estimate of drug-likeness (QED) is 0.140. The van der Waals surface area contributed by atoms with Crippen LogP contribution in [-0.4, -0.2) is 149 Å². The Labute approximate surface area is 396 Å². The normalized spacial score (nSPS) is 21.9. The number of carbonyl (C=O) groups is 5. The predicted molar refractivity (Wildman–Crippen MR) is 256 cm³/mol. The number of carbonyl (C=O) groups excluding carboxylic acids is 5. The highest BCUT2D eigenvalue weighted by Crippen LogP contribution is 2.42. The molecule has 5 atom stereocenters. The number of rotatable bonds is 11. The van der Waals surface area contributed by atoms with Crippen LogP contribution in [0.3, 0.4) is 0 Å². The number of nitrogens with one attached hydrogen (secondary N) is 3. The number of amides is 5. The minimum absolute atomic E-state index is 0.0567. The van der Waals surface area contributed by atoms with E-state index < -0.39 is 41.3 Å². The first-order chi connectivity index (χ1) is 32.0. The van der Waals surface area contributed by atoms with Crippen molar-refractivity contribution in [3.63, 3.8) is 0 Å². The van der Waals surface area contributed by atoms with E-state index >= 15 is 0 Å². The molecule has 6 bridgehead atoms. The maximum atomic E-state index is 14.6. The zero-order chi connectivity index (χ0) is 47.9. The summed E-state index contributed by atoms with van der Waals surface area (Å²) in [5, 5.41) is 11.2. The van der Waals surface area contributed by atoms with Gasteiger partial charge in [0.05, 0.1) is 40.8 Å². The van der Waals surface area contributed by atoms with Crippen LogP contribution in [-0.2, 0) is 48.0 Å². The van der Waals surface area contributed by atoms with Crippen molar-refractivity contribution >= 4 is 52.0 Å². The van der Waals surface area contributed by atoms with Crippen molar-refractivity contribution in [3.8, 4) is 22.5 Å². The number of likely N-dealkylation sites (N-methyl/N-ethyl adjacent to an activating group) is 2. The van der Waals surface area contributed by atoms with Gasteiger partial charge in [-0.1, -0.05) is 33.8 Å². The number of nitrogens with zero attached hydrogens (tertiary/aromatic N) is 7. The van der Waals surface area contributed by atoms with Gasteiger partial charge in [-0.05, 0) is 68.9 Å². The molecule has 0 aliphatic carbocycles. The molecule has 4 aliphatic heterocycles. The molecule has 1 aromatic carbocycles. The molecule has 0 spiro atoms. The highest BCUT2D eigenvalue weighted by atomic mass is 32.1. The molecular formula is C49H66N10O7S. The monoisotopic (exact) mass is 938 g/mol. The molecule has 3 aromatic heterocycles. The zero-order valence-electron chi connectivity index (χ0n) is 40.3. The highest BCUT2D eigenvalue weighted by Gasteiger charge is 2.42. The summed E-state index contributed by atoms with van der Waals surface area (Å²) in [7, 11) is 5.09. The maximum absolute atomic E-state index is 14.6. The number of esters is 1. The minimum Gasteiger partial charge on any atom is -0.464 e. The number of hydrazine groups is 1. The number of ether oxygens (including phenoxy) is 2. The van der Waals surface area contributed by atoms with E-state index in [9.17, 15) is 24.0 Å². The summed E-state index contributed by atoms with van der Waals surface area (Å²) < 4.78 is 14.2. The van der Waals surface area contributed by atoms with Crippen LogP contribution in [0.5, 0.6) is 0 Å². The average Bonchev–Trinajstić information content (AvgIpc) is 3.98. The maximum Gasteiger partial charge on any atom is 0.324 e. The summed E-state index contributed by atoms with van der Waals surface area (Å²) in [5.41, 5.74) is 9.29. The molecule has 3 fully saturated rings. The molecule has 0 unspecified atom stereocenters. The second-order valence-electron chi connectivity index (χ2n) is 19.8. The lowest BCUT2D eigenvalue weighted by Gasteiger charge is -2.44. The van der Waals surface area contributed by atoms with Gasteiger partial charge in [-0.3, -0.25) is 29.2 Å². The number of pyridine rings is 1. The number of cyclic esters (lactones) is 1. The largest absolute Gasteiger partial charge is 0.464 e. The molecule has 3 saturated heterocycles. The molecule has 4 aromatic rings. The number of urea groups is 1. The molecule has 4 aliphatic rings. The van der Waals surface area contributed by atoms with E-state index in [1.165, 1.54) is 21.2 Å². The van der Waals surface area contributed by atoms with Gasteiger partial charge in [0.2, 0.25) is 11.8 Å². The Hall–Kier alpha value is -5.43. The van der Waals surface area contributed by atoms with Crippen LogP contribution < -0.4 is 16.1 Å². The van der Waals surface area contributed by atoms with Gasteiger partial charge in [-0.25, -0.2) is 15.2 Å². The molecule has 8 rings (SSSR count). The average molecular weight is 939 g/mol. The van der Waals surface area contributed by atoms with Crippen LogP contribution in [0.4, 0.5) is 4.79 Å². The Bertz CT molecular complexity index is 2510. The van der Waals surface area contributed by atoms with Crippen LogP contribution in [0, 0.1) is 17.3 Å². The van der Waals surface area contributed by atoms with Gasteiger partial charge < -0.3 is 39.4 Å². The van der Waals surface area contributed by atoms with Crippen LogP contribution in [0.2, 0.25) is 0 Å². The van der Waals surface area contributed by atoms with Crippen molar-refractivity contribution < 1.29 is 33.4 Å². The fourth-order valence-corrected chi connectivity index (χ4v) is 10.8. The Morgan fingerprint density at radius 2 is 1.88 bits per heavy atom. The number of aryl methyl sites for hydroxylation is 1. The fraction of sp³-hybridized carbons (Fsp3) is 0.571. The first-order valence-corrected chi connectivity index (χ1v) is 24.5. The third kappa shape index (κ3) is 10.1. The van der Waals surface area contributed by atoms with Gasteiger partial charge in [0.1, 0.15) is 18.1 Å². The fourth-order valence-electron chi connectivity index (χ4n) is 9.91. The van der Waals surface area contributed by atoms with Crippen molar-refractivity contribution in [1.29, 1.82) is 0 Å². The van der Waals surface area contributed by atoms with E-state index in [0.717, 1.165) is 44.7 Å². The smallest absolute Gasteiger partial charge is 0.324 e. The lowest BCUT2D eigenvalue weighted by atomic mass is 9.84. The van der Waals surface area contributed by atoms with E-state index in [1.54, 1.807) is 37.2 Å². The van der Waals surface area contributed by atoms with Gasteiger partial charge >= 0.3 is 12.0 Å². The van der Waals surface area contributed by atoms with Crippen molar-refractivity contribution in [2.24, 2.45) is 17.3 Å². The van der Waals surface area contributed by atoms with Crippen molar-refractivity contribution in [3.05, 3.63) is 58.2 Å². The second kappa shape index (κ2) is 19.7. The Balaban J connectivity index is 1.10. The molecule has 17 nitrogen and oxygen atoms in total. The minimum atomic E-state index is -1.07. The Morgan fingerprint density at radius 1 is 1.12 bits per heavy atom. The number of aromatic nitrogens is 3. The van der Waals surface area contributed by atoms with Gasteiger partial charge in [0.25, 0.3) is 5.91 Å². The lowest BCUT2D eigenvalue weighted by molar-refractivity contribution is -0.155. The van der Waals surface area contributed by atoms with Crippen LogP contribution in [0.25, 0.3) is 33.4 Å². The number of methoxy groups -OCH3 is 1. The summed E-state index contributed by atoms with van der Waals surface area (Å²) in [4.78, 5) is 84.1. The summed E-state index contributed by atoms with van der Waals surface area (Å²) in [5.74, 6) is -1.44. The molecule has 3 N–H and O–H groups in total. The Morgan fingerprint density at radius 3 is 2.58 bits per heavy atom. The van der Waals surface area contributed by atoms with Crippen molar-refractivity contribution in [2.45, 2.75) is 104 Å². The predicted octanol–water partition coefficient (Wildman–Crippen LogP) is 4.64. The van der Waals surface area contributed by atoms with Crippen LogP contribution >= 0.6 is 11.3 Å². The molecule has 67 heavy (non-hydrogen) atoms. The molecule has 0 saturated carbocycles. The lowest BCUT2D eigenvalue weighted by Crippen LogP contribution is -2.63. The molecular weight excluding hydrogens is 873 g/mol. The van der Waals surface area contributed by atoms with E-state index in [1.807, 2.05) is 32.2 Å². The SMILES string of the molecule is CCn1c(-c2cccnc2[C@H](C)OC)c2c3cc(ccc31)-c1csc(n1)C[C@H](NC(=O)[C@H](C(C)C)N(C)C(=O)N1CC(CN(C)C(=O)[C@H]3CN3)C1)C(=O)N1CCC[C@H](N1)C(=O)OCC(C)(C)C2. The van der Waals surface area contributed by atoms with Crippen molar-refractivity contribution in [1.82, 2.24) is 50.3 Å². The van der Waals surface area contributed by atoms with Gasteiger partial charge in [-0.2, -0.15) is 0 Å². The molecule has 360 valence electrons. The summed E-state index contributed by atoms with van der Waals surface area (Å²) in [6.07, 6.45) is 3.21. The number of hydrogen-bond acceptors (Lipinski definition) is 12. The number of fused-ring (bicyclic) bond motifs is 6. The standard InChI is InChI=1S/C49H66N10O7S/c1-10-58-39-16-15-31-19-33(39)34(43(58)32-13-11-17-50-41(32)29(4)65-9)21-49(5,6)27-66-47(63)35-14-12-18-59(54-35)46(62)36(20-40-52-38(31)26-67-40)53-44(60)42(28(2)3)56(8)48(64)57-24-30(25-57)23-55(7)45(61)37-22-51-37/h11,13,15-17,19,26,28-30,35-37,42,51,54H,10,12,14,18,20-25,27H2,1-9H3,(H,53,60)/t29-,35-,36-,37+,42-/m0/s1. The third-order valence-electron chi connectivity index (χ3n) is 13.6. The Kier molecular flexibility index (Phi) is 14.1. The van der Waals surface area contributed by atoms with E-state index in [-0.39, 0.29) is 48.9 Å². The first-order valence-electron chi connectivity index (χ1n) is 23.6. The van der Waals surface area contributed by atoms with Crippen LogP contribution in [0.15, 0.2) is 41.9 Å². The summed E-state index contributed by atoms with van der Waals surface area (Å²) >= 11 is 1.41. The van der Waals surface area contributed by atoms with Crippen LogP contribution in [0.1, 0.15) is 76.8 Å². The number of hydrogen-bond donors (Lipinski definition) is 3. The molecule has 0 radical (unpaired) electrons. The summed E-state index contributed by atoms with van der Waals surface area (Å²) in [6, 6.07) is 7.27. The van der Waals surface area contributed by atoms with E-state index in [4.69, 9.17) is 19.4 Å². The van der Waals surface area contributed by atoms with Gasteiger partial charge in [0.15, 0.2) is 0 Å². The molecule has 7 heterocycles. The number of benzene rings is 1. The van der Waals surface area contributed by atoms with E-state index in [2.05, 4.69) is 65.7 Å². The third-order valence-corrected chi connectivity index (χ3v) is 14.5. The molecule has 18 heteroatoms. The zero-order valence-corrected chi connectivity index (χ0v) is 41.1.